The molecule has 0 spiro atoms. The van der Waals surface area contributed by atoms with Crippen molar-refractivity contribution in [3.8, 4) is 11.5 Å². The average molecular weight is 465 g/mol. The summed E-state index contributed by atoms with van der Waals surface area (Å²) >= 11 is 1.32. The zero-order chi connectivity index (χ0) is 23.3. The Morgan fingerprint density at radius 1 is 1.06 bits per heavy atom. The minimum atomic E-state index is -0.893. The molecule has 0 atom stereocenters. The number of hydrogen-bond acceptors (Lipinski definition) is 8. The molecule has 0 aliphatic rings. The van der Waals surface area contributed by atoms with Crippen LogP contribution in [0.2, 0.25) is 0 Å². The SMILES string of the molecule is CC(C)(Sc1ccc(CN(Cc2ccco2)Cc2nc(-c3ccccn3)no2)cc1)C(=O)O. The standard InChI is InChI=1S/C24H24N4O4S/c1-24(2,23(29)30)33-19-10-8-17(9-11-19)14-28(15-18-6-5-13-31-18)16-21-26-22(27-32-21)20-7-3-4-12-25-20/h3-13H,14-16H2,1-2H3,(H,29,30). The van der Waals surface area contributed by atoms with Crippen molar-refractivity contribution in [2.45, 2.75) is 43.1 Å². The third-order valence-corrected chi connectivity index (χ3v) is 6.09. The summed E-state index contributed by atoms with van der Waals surface area (Å²) in [4.78, 5) is 23.2. The number of hydrogen-bond donors (Lipinski definition) is 1. The van der Waals surface area contributed by atoms with Gasteiger partial charge in [0.25, 0.3) is 0 Å². The highest BCUT2D eigenvalue weighted by Gasteiger charge is 2.28. The van der Waals surface area contributed by atoms with Gasteiger partial charge >= 0.3 is 5.97 Å². The molecule has 4 aromatic rings. The third kappa shape index (κ3) is 6.09. The fourth-order valence-corrected chi connectivity index (χ4v) is 4.11. The molecule has 8 nitrogen and oxygen atoms in total. The second-order valence-corrected chi connectivity index (χ2v) is 9.71. The number of pyridine rings is 1. The molecule has 3 heterocycles. The van der Waals surface area contributed by atoms with Crippen LogP contribution in [-0.4, -0.2) is 35.8 Å². The molecule has 3 aromatic heterocycles. The molecule has 0 aliphatic heterocycles. The first-order chi connectivity index (χ1) is 15.9. The maximum atomic E-state index is 11.4. The van der Waals surface area contributed by atoms with E-state index < -0.39 is 10.7 Å². The van der Waals surface area contributed by atoms with Gasteiger partial charge in [-0.2, -0.15) is 4.98 Å². The molecule has 0 radical (unpaired) electrons. The molecular formula is C24H24N4O4S. The average Bonchev–Trinajstić information content (AvgIpc) is 3.48. The number of carbonyl (C=O) groups is 1. The summed E-state index contributed by atoms with van der Waals surface area (Å²) in [6.07, 6.45) is 3.34. The number of carboxylic acids is 1. The molecule has 0 aliphatic carbocycles. The van der Waals surface area contributed by atoms with Crippen molar-refractivity contribution in [2.75, 3.05) is 0 Å². The highest BCUT2D eigenvalue weighted by Crippen LogP contribution is 2.32. The Balaban J connectivity index is 1.47. The molecule has 4 rings (SSSR count). The number of thioether (sulfide) groups is 1. The van der Waals surface area contributed by atoms with Crippen molar-refractivity contribution < 1.29 is 18.8 Å². The fourth-order valence-electron chi connectivity index (χ4n) is 3.16. The maximum absolute atomic E-state index is 11.4. The Bertz CT molecular complexity index is 1170. The van der Waals surface area contributed by atoms with E-state index in [-0.39, 0.29) is 0 Å². The molecule has 33 heavy (non-hydrogen) atoms. The Kier molecular flexibility index (Phi) is 6.90. The van der Waals surface area contributed by atoms with Crippen LogP contribution in [0.1, 0.15) is 31.1 Å². The number of nitrogens with zero attached hydrogens (tertiary/aromatic N) is 4. The normalized spacial score (nSPS) is 11.7. The first-order valence-corrected chi connectivity index (χ1v) is 11.2. The lowest BCUT2D eigenvalue weighted by atomic mass is 10.2. The first kappa shape index (κ1) is 22.8. The van der Waals surface area contributed by atoms with Crippen LogP contribution in [0, 0.1) is 0 Å². The van der Waals surface area contributed by atoms with Gasteiger partial charge in [-0.05, 0) is 55.8 Å². The van der Waals surface area contributed by atoms with Gasteiger partial charge in [0.15, 0.2) is 0 Å². The Morgan fingerprint density at radius 3 is 2.55 bits per heavy atom. The predicted molar refractivity (Wildman–Crippen MR) is 123 cm³/mol. The predicted octanol–water partition coefficient (Wildman–Crippen LogP) is 4.88. The molecule has 170 valence electrons. The van der Waals surface area contributed by atoms with Gasteiger partial charge in [-0.3, -0.25) is 14.7 Å². The van der Waals surface area contributed by atoms with E-state index in [4.69, 9.17) is 8.94 Å². The van der Waals surface area contributed by atoms with E-state index in [2.05, 4.69) is 20.0 Å². The monoisotopic (exact) mass is 464 g/mol. The van der Waals surface area contributed by atoms with Gasteiger partial charge in [0.05, 0.1) is 19.4 Å². The summed E-state index contributed by atoms with van der Waals surface area (Å²) in [5.41, 5.74) is 1.73. The lowest BCUT2D eigenvalue weighted by molar-refractivity contribution is -0.138. The number of furan rings is 1. The van der Waals surface area contributed by atoms with Crippen LogP contribution in [0.5, 0.6) is 0 Å². The molecule has 0 unspecified atom stereocenters. The topological polar surface area (TPSA) is 105 Å². The number of carboxylic acid groups (broad SMARTS) is 1. The molecule has 0 saturated carbocycles. The summed E-state index contributed by atoms with van der Waals surface area (Å²) < 4.78 is 10.1. The van der Waals surface area contributed by atoms with E-state index in [0.717, 1.165) is 16.2 Å². The minimum Gasteiger partial charge on any atom is -0.480 e. The highest BCUT2D eigenvalue weighted by molar-refractivity contribution is 8.01. The van der Waals surface area contributed by atoms with E-state index >= 15 is 0 Å². The zero-order valence-electron chi connectivity index (χ0n) is 18.3. The van der Waals surface area contributed by atoms with Gasteiger partial charge < -0.3 is 14.0 Å². The number of aromatic nitrogens is 3. The molecule has 0 fully saturated rings. The van der Waals surface area contributed by atoms with Gasteiger partial charge in [-0.25, -0.2) is 0 Å². The fraction of sp³-hybridized carbons (Fsp3) is 0.250. The van der Waals surface area contributed by atoms with E-state index in [1.54, 1.807) is 26.3 Å². The molecule has 0 bridgehead atoms. The van der Waals surface area contributed by atoms with Crippen molar-refractivity contribution >= 4 is 17.7 Å². The van der Waals surface area contributed by atoms with Crippen molar-refractivity contribution in [1.29, 1.82) is 0 Å². The van der Waals surface area contributed by atoms with Crippen LogP contribution in [-0.2, 0) is 24.4 Å². The molecule has 1 aromatic carbocycles. The molecular weight excluding hydrogens is 440 g/mol. The minimum absolute atomic E-state index is 0.434. The zero-order valence-corrected chi connectivity index (χ0v) is 19.2. The van der Waals surface area contributed by atoms with Crippen molar-refractivity contribution in [1.82, 2.24) is 20.0 Å². The molecule has 0 amide bonds. The summed E-state index contributed by atoms with van der Waals surface area (Å²) in [7, 11) is 0. The van der Waals surface area contributed by atoms with E-state index in [0.29, 0.717) is 37.0 Å². The van der Waals surface area contributed by atoms with Gasteiger partial charge in [0.1, 0.15) is 16.2 Å². The number of benzene rings is 1. The lowest BCUT2D eigenvalue weighted by Crippen LogP contribution is -2.26. The van der Waals surface area contributed by atoms with Crippen molar-refractivity contribution in [2.24, 2.45) is 0 Å². The summed E-state index contributed by atoms with van der Waals surface area (Å²) in [5, 5.41) is 13.4. The lowest BCUT2D eigenvalue weighted by Gasteiger charge is -2.20. The smallest absolute Gasteiger partial charge is 0.319 e. The van der Waals surface area contributed by atoms with Gasteiger partial charge in [0, 0.05) is 17.6 Å². The van der Waals surface area contributed by atoms with Crippen LogP contribution >= 0.6 is 11.8 Å². The second-order valence-electron chi connectivity index (χ2n) is 8.01. The summed E-state index contributed by atoms with van der Waals surface area (Å²) in [5.74, 6) is 0.921. The largest absolute Gasteiger partial charge is 0.480 e. The van der Waals surface area contributed by atoms with Crippen molar-refractivity contribution in [3.63, 3.8) is 0 Å². The number of aliphatic carboxylic acids is 1. The molecule has 1 N–H and O–H groups in total. The van der Waals surface area contributed by atoms with Gasteiger partial charge in [-0.1, -0.05) is 23.4 Å². The second kappa shape index (κ2) is 10.0. The van der Waals surface area contributed by atoms with Gasteiger partial charge in [-0.15, -0.1) is 11.8 Å². The third-order valence-electron chi connectivity index (χ3n) is 4.90. The summed E-state index contributed by atoms with van der Waals surface area (Å²) in [6.45, 7) is 5.01. The maximum Gasteiger partial charge on any atom is 0.319 e. The van der Waals surface area contributed by atoms with Crippen LogP contribution in [0.25, 0.3) is 11.5 Å². The van der Waals surface area contributed by atoms with Crippen LogP contribution in [0.4, 0.5) is 0 Å². The quantitative estimate of drug-likeness (QED) is 0.329. The molecule has 0 saturated heterocycles. The van der Waals surface area contributed by atoms with Gasteiger partial charge in [0.2, 0.25) is 11.7 Å². The van der Waals surface area contributed by atoms with E-state index in [9.17, 15) is 9.90 Å². The first-order valence-electron chi connectivity index (χ1n) is 10.4. The Morgan fingerprint density at radius 2 is 1.88 bits per heavy atom. The Labute approximate surface area is 195 Å². The number of rotatable bonds is 10. The Hall–Kier alpha value is -3.43. The molecule has 9 heteroatoms. The summed E-state index contributed by atoms with van der Waals surface area (Å²) in [6, 6.07) is 17.2. The van der Waals surface area contributed by atoms with E-state index in [1.807, 2.05) is 54.6 Å². The van der Waals surface area contributed by atoms with E-state index in [1.165, 1.54) is 11.8 Å². The van der Waals surface area contributed by atoms with Crippen LogP contribution in [0.15, 0.2) is 80.9 Å². The van der Waals surface area contributed by atoms with Crippen LogP contribution in [0.3, 0.4) is 0 Å². The highest BCUT2D eigenvalue weighted by atomic mass is 32.2. The van der Waals surface area contributed by atoms with Crippen LogP contribution < -0.4 is 0 Å². The van der Waals surface area contributed by atoms with Crippen molar-refractivity contribution in [3.05, 3.63) is 84.3 Å².